The first kappa shape index (κ1) is 16.7. The van der Waals surface area contributed by atoms with Gasteiger partial charge in [-0.2, -0.15) is 5.26 Å². The van der Waals surface area contributed by atoms with Crippen LogP contribution in [0.2, 0.25) is 0 Å². The van der Waals surface area contributed by atoms with Crippen molar-refractivity contribution in [3.63, 3.8) is 0 Å². The van der Waals surface area contributed by atoms with Crippen molar-refractivity contribution < 1.29 is 0 Å². The van der Waals surface area contributed by atoms with E-state index in [1.54, 1.807) is 0 Å². The van der Waals surface area contributed by atoms with Gasteiger partial charge in [0.1, 0.15) is 0 Å². The molecule has 0 aromatic heterocycles. The lowest BCUT2D eigenvalue weighted by Gasteiger charge is -2.31. The standard InChI is InChI=1S/C22H22NP/c1-18(19-13-15-22(2,17-23)16-14-19)24(20-9-5-3-6-10-20)21-11-7-4-8-12-21/h3-16,18-19H,1-2H3. The van der Waals surface area contributed by atoms with E-state index in [1.807, 2.05) is 6.92 Å². The van der Waals surface area contributed by atoms with Crippen molar-refractivity contribution in [2.45, 2.75) is 19.5 Å². The first-order chi connectivity index (χ1) is 11.6. The van der Waals surface area contributed by atoms with E-state index in [9.17, 15) is 5.26 Å². The van der Waals surface area contributed by atoms with E-state index < -0.39 is 13.3 Å². The van der Waals surface area contributed by atoms with E-state index in [-0.39, 0.29) is 0 Å². The summed E-state index contributed by atoms with van der Waals surface area (Å²) in [6.45, 7) is 4.29. The molecular formula is C22H22NP. The summed E-state index contributed by atoms with van der Waals surface area (Å²) in [5, 5.41) is 12.1. The van der Waals surface area contributed by atoms with Crippen LogP contribution >= 0.6 is 7.92 Å². The predicted octanol–water partition coefficient (Wildman–Crippen LogP) is 4.78. The minimum absolute atomic E-state index is 0.359. The molecule has 0 bridgehead atoms. The zero-order valence-corrected chi connectivity index (χ0v) is 15.0. The molecule has 1 aliphatic carbocycles. The third kappa shape index (κ3) is 3.50. The number of nitrogens with zero attached hydrogens (tertiary/aromatic N) is 1. The number of rotatable bonds is 4. The molecule has 0 radical (unpaired) electrons. The Kier molecular flexibility index (Phi) is 4.98. The molecule has 1 nitrogen and oxygen atoms in total. The first-order valence-corrected chi connectivity index (χ1v) is 9.73. The number of benzene rings is 2. The van der Waals surface area contributed by atoms with Gasteiger partial charge >= 0.3 is 0 Å². The van der Waals surface area contributed by atoms with Crippen molar-refractivity contribution in [3.05, 3.63) is 85.0 Å². The fourth-order valence-corrected chi connectivity index (χ4v) is 5.87. The largest absolute Gasteiger partial charge is 0.197 e. The van der Waals surface area contributed by atoms with Crippen molar-refractivity contribution in [1.29, 1.82) is 5.26 Å². The van der Waals surface area contributed by atoms with Gasteiger partial charge in [0.05, 0.1) is 11.5 Å². The van der Waals surface area contributed by atoms with Gasteiger partial charge in [-0.1, -0.05) is 91.9 Å². The highest BCUT2D eigenvalue weighted by Crippen LogP contribution is 2.45. The number of allylic oxidation sites excluding steroid dienone is 4. The fourth-order valence-electron chi connectivity index (χ4n) is 3.11. The second kappa shape index (κ2) is 7.16. The Hall–Kier alpha value is -2.16. The van der Waals surface area contributed by atoms with Crippen LogP contribution in [0.4, 0.5) is 0 Å². The SMILES string of the molecule is CC(C1C=CC(C)(C#N)C=C1)P(c1ccccc1)c1ccccc1. The Bertz CT molecular complexity index is 717. The summed E-state index contributed by atoms with van der Waals surface area (Å²) in [4.78, 5) is 0. The molecule has 2 aromatic carbocycles. The molecule has 0 amide bonds. The normalized spacial score (nSPS) is 23.8. The summed E-state index contributed by atoms with van der Waals surface area (Å²) in [6, 6.07) is 24.0. The first-order valence-electron chi connectivity index (χ1n) is 8.32. The van der Waals surface area contributed by atoms with Gasteiger partial charge in [0.15, 0.2) is 0 Å². The molecule has 0 fully saturated rings. The zero-order chi connectivity index (χ0) is 17.0. The van der Waals surface area contributed by atoms with Crippen LogP contribution < -0.4 is 10.6 Å². The molecule has 0 saturated heterocycles. The molecule has 1 unspecified atom stereocenters. The molecule has 1 atom stereocenters. The minimum atomic E-state index is -0.460. The molecule has 2 heteroatoms. The predicted molar refractivity (Wildman–Crippen MR) is 104 cm³/mol. The maximum atomic E-state index is 9.29. The summed E-state index contributed by atoms with van der Waals surface area (Å²) in [6.07, 6.45) is 8.54. The van der Waals surface area contributed by atoms with Crippen LogP contribution in [0.5, 0.6) is 0 Å². The molecule has 24 heavy (non-hydrogen) atoms. The Morgan fingerprint density at radius 2 is 1.38 bits per heavy atom. The summed E-state index contributed by atoms with van der Waals surface area (Å²) in [7, 11) is -0.455. The average Bonchev–Trinajstić information content (AvgIpc) is 2.64. The highest BCUT2D eigenvalue weighted by molar-refractivity contribution is 7.73. The van der Waals surface area contributed by atoms with E-state index in [0.29, 0.717) is 11.6 Å². The summed E-state index contributed by atoms with van der Waals surface area (Å²) >= 11 is 0. The van der Waals surface area contributed by atoms with Gasteiger partial charge in [-0.05, 0) is 31.1 Å². The van der Waals surface area contributed by atoms with E-state index in [0.717, 1.165) is 0 Å². The monoisotopic (exact) mass is 331 g/mol. The Balaban J connectivity index is 1.94. The van der Waals surface area contributed by atoms with Gasteiger partial charge in [-0.25, -0.2) is 0 Å². The van der Waals surface area contributed by atoms with Crippen molar-refractivity contribution in [2.75, 3.05) is 0 Å². The summed E-state index contributed by atoms with van der Waals surface area (Å²) in [5.41, 5.74) is 0.0129. The van der Waals surface area contributed by atoms with E-state index >= 15 is 0 Å². The van der Waals surface area contributed by atoms with Crippen molar-refractivity contribution in [2.24, 2.45) is 11.3 Å². The molecule has 3 rings (SSSR count). The van der Waals surface area contributed by atoms with Crippen molar-refractivity contribution in [3.8, 4) is 6.07 Å². The lowest BCUT2D eigenvalue weighted by Crippen LogP contribution is -2.26. The van der Waals surface area contributed by atoms with Gasteiger partial charge in [0.25, 0.3) is 0 Å². The molecule has 1 aliphatic rings. The topological polar surface area (TPSA) is 23.8 Å². The van der Waals surface area contributed by atoms with Gasteiger partial charge in [0.2, 0.25) is 0 Å². The second-order valence-electron chi connectivity index (χ2n) is 6.47. The highest BCUT2D eigenvalue weighted by atomic mass is 31.1. The number of hydrogen-bond acceptors (Lipinski definition) is 1. The molecule has 0 heterocycles. The third-order valence-electron chi connectivity index (χ3n) is 4.60. The quantitative estimate of drug-likeness (QED) is 0.584. The van der Waals surface area contributed by atoms with Crippen LogP contribution in [-0.2, 0) is 0 Å². The van der Waals surface area contributed by atoms with Crippen LogP contribution in [0.1, 0.15) is 13.8 Å². The molecular weight excluding hydrogens is 309 g/mol. The molecule has 0 N–H and O–H groups in total. The van der Waals surface area contributed by atoms with Gasteiger partial charge in [-0.15, -0.1) is 0 Å². The molecule has 2 aromatic rings. The molecule has 0 saturated carbocycles. The third-order valence-corrected chi connectivity index (χ3v) is 7.47. The van der Waals surface area contributed by atoms with Crippen LogP contribution in [0.15, 0.2) is 85.0 Å². The van der Waals surface area contributed by atoms with Crippen LogP contribution in [0.3, 0.4) is 0 Å². The van der Waals surface area contributed by atoms with Crippen LogP contribution in [0, 0.1) is 22.7 Å². The van der Waals surface area contributed by atoms with Crippen molar-refractivity contribution in [1.82, 2.24) is 0 Å². The summed E-state index contributed by atoms with van der Waals surface area (Å²) < 4.78 is 0. The lowest BCUT2D eigenvalue weighted by molar-refractivity contribution is 0.668. The molecule has 0 aliphatic heterocycles. The second-order valence-corrected chi connectivity index (χ2v) is 9.06. The van der Waals surface area contributed by atoms with Gasteiger partial charge in [-0.3, -0.25) is 0 Å². The van der Waals surface area contributed by atoms with Crippen molar-refractivity contribution >= 4 is 18.5 Å². The average molecular weight is 331 g/mol. The maximum Gasteiger partial charge on any atom is 0.0905 e. The lowest BCUT2D eigenvalue weighted by atomic mass is 9.84. The van der Waals surface area contributed by atoms with Crippen LogP contribution in [0.25, 0.3) is 0 Å². The number of nitriles is 1. The van der Waals surface area contributed by atoms with E-state index in [4.69, 9.17) is 0 Å². The van der Waals surface area contributed by atoms with Crippen LogP contribution in [-0.4, -0.2) is 5.66 Å². The minimum Gasteiger partial charge on any atom is -0.197 e. The molecule has 120 valence electrons. The van der Waals surface area contributed by atoms with Gasteiger partial charge in [0, 0.05) is 5.92 Å². The smallest absolute Gasteiger partial charge is 0.0905 e. The van der Waals surface area contributed by atoms with E-state index in [2.05, 4.69) is 98.0 Å². The number of hydrogen-bond donors (Lipinski definition) is 0. The zero-order valence-electron chi connectivity index (χ0n) is 14.1. The van der Waals surface area contributed by atoms with E-state index in [1.165, 1.54) is 10.6 Å². The molecule has 0 spiro atoms. The van der Waals surface area contributed by atoms with Gasteiger partial charge < -0.3 is 0 Å². The highest BCUT2D eigenvalue weighted by Gasteiger charge is 2.29. The Morgan fingerprint density at radius 1 is 0.917 bits per heavy atom. The maximum absolute atomic E-state index is 9.29. The Morgan fingerprint density at radius 3 is 1.79 bits per heavy atom. The fraction of sp³-hybridized carbons (Fsp3) is 0.227. The summed E-state index contributed by atoms with van der Waals surface area (Å²) in [5.74, 6) is 0.359. The Labute approximate surface area is 146 Å².